The zero-order valence-corrected chi connectivity index (χ0v) is 19.1. The summed E-state index contributed by atoms with van der Waals surface area (Å²) in [5.74, 6) is -1.01. The number of benzene rings is 1. The molecule has 2 amide bonds. The first kappa shape index (κ1) is 24.9. The maximum atomic E-state index is 13.3. The molecule has 2 aromatic heterocycles. The lowest BCUT2D eigenvalue weighted by molar-refractivity contribution is -0.137. The van der Waals surface area contributed by atoms with Crippen LogP contribution in [-0.2, 0) is 17.5 Å². The van der Waals surface area contributed by atoms with Crippen molar-refractivity contribution in [2.45, 2.75) is 31.1 Å². The molecule has 0 unspecified atom stereocenters. The number of aromatic nitrogens is 3. The molecule has 0 spiro atoms. The largest absolute Gasteiger partial charge is 0.418 e. The van der Waals surface area contributed by atoms with Crippen molar-refractivity contribution in [3.8, 4) is 6.07 Å². The second kappa shape index (κ2) is 9.79. The van der Waals surface area contributed by atoms with Crippen molar-refractivity contribution >= 4 is 34.8 Å². The number of pyridine rings is 1. The molecule has 0 atom stereocenters. The number of halogens is 4. The Morgan fingerprint density at radius 2 is 1.81 bits per heavy atom. The van der Waals surface area contributed by atoms with E-state index in [0.717, 1.165) is 6.07 Å². The summed E-state index contributed by atoms with van der Waals surface area (Å²) in [5, 5.41) is 16.8. The Bertz CT molecular complexity index is 1340. The number of nitriles is 1. The molecule has 184 valence electrons. The lowest BCUT2D eigenvalue weighted by atomic mass is 10.1. The molecule has 1 aliphatic carbocycles. The average Bonchev–Trinajstić information content (AvgIpc) is 3.64. The van der Waals surface area contributed by atoms with Crippen molar-refractivity contribution in [2.24, 2.45) is 0 Å². The third-order valence-corrected chi connectivity index (χ3v) is 5.61. The van der Waals surface area contributed by atoms with E-state index in [9.17, 15) is 22.8 Å². The van der Waals surface area contributed by atoms with Gasteiger partial charge in [-0.05, 0) is 43.2 Å². The molecule has 1 saturated carbocycles. The fraction of sp³-hybridized carbons (Fsp3) is 0.217. The smallest absolute Gasteiger partial charge is 0.354 e. The number of alkyl halides is 3. The Kier molecular flexibility index (Phi) is 6.76. The first-order chi connectivity index (χ1) is 17.1. The van der Waals surface area contributed by atoms with Gasteiger partial charge in [-0.2, -0.15) is 18.4 Å². The van der Waals surface area contributed by atoms with Crippen LogP contribution in [0, 0.1) is 11.3 Å². The van der Waals surface area contributed by atoms with Crippen LogP contribution in [0.2, 0.25) is 5.02 Å². The van der Waals surface area contributed by atoms with Crippen LogP contribution in [0.15, 0.2) is 48.9 Å². The maximum Gasteiger partial charge on any atom is 0.418 e. The summed E-state index contributed by atoms with van der Waals surface area (Å²) >= 11 is 5.70. The lowest BCUT2D eigenvalue weighted by Gasteiger charge is -2.17. The first-order valence-electron chi connectivity index (χ1n) is 10.5. The summed E-state index contributed by atoms with van der Waals surface area (Å²) in [6.45, 7) is 0.0471. The minimum atomic E-state index is -4.59. The van der Waals surface area contributed by atoms with E-state index < -0.39 is 29.1 Å². The summed E-state index contributed by atoms with van der Waals surface area (Å²) in [6, 6.07) is 8.25. The highest BCUT2D eigenvalue weighted by Gasteiger charge is 2.51. The fourth-order valence-electron chi connectivity index (χ4n) is 3.28. The van der Waals surface area contributed by atoms with Crippen molar-refractivity contribution in [1.82, 2.24) is 25.6 Å². The summed E-state index contributed by atoms with van der Waals surface area (Å²) in [6.07, 6.45) is 0.0510. The Morgan fingerprint density at radius 3 is 2.39 bits per heavy atom. The number of nitrogens with one attached hydrogen (secondary N) is 3. The molecule has 3 aromatic rings. The predicted molar refractivity (Wildman–Crippen MR) is 122 cm³/mol. The normalized spacial score (nSPS) is 13.9. The number of rotatable bonds is 7. The Morgan fingerprint density at radius 1 is 1.08 bits per heavy atom. The lowest BCUT2D eigenvalue weighted by Crippen LogP contribution is -2.48. The molecule has 0 bridgehead atoms. The second-order valence-corrected chi connectivity index (χ2v) is 8.41. The van der Waals surface area contributed by atoms with Crippen LogP contribution in [0.5, 0.6) is 0 Å². The molecule has 36 heavy (non-hydrogen) atoms. The molecule has 2 heterocycles. The maximum absolute atomic E-state index is 13.3. The molecule has 3 N–H and O–H groups in total. The number of amides is 2. The van der Waals surface area contributed by atoms with Gasteiger partial charge in [-0.3, -0.25) is 14.6 Å². The van der Waals surface area contributed by atoms with Gasteiger partial charge >= 0.3 is 6.18 Å². The van der Waals surface area contributed by atoms with Crippen LogP contribution in [0.25, 0.3) is 0 Å². The summed E-state index contributed by atoms with van der Waals surface area (Å²) < 4.78 is 39.8. The number of hydrogen-bond donors (Lipinski definition) is 3. The molecule has 13 heteroatoms. The van der Waals surface area contributed by atoms with Gasteiger partial charge in [0.15, 0.2) is 0 Å². The van der Waals surface area contributed by atoms with Crippen molar-refractivity contribution in [2.75, 3.05) is 5.32 Å². The van der Waals surface area contributed by atoms with Crippen molar-refractivity contribution in [3.63, 3.8) is 0 Å². The summed E-state index contributed by atoms with van der Waals surface area (Å²) in [7, 11) is 0. The SMILES string of the molecule is N#Cc1ncc(C(=O)NC2(C(=O)NCc3ccc(Nc4ccc(Cl)cc4C(F)(F)F)cn3)CC2)cn1. The van der Waals surface area contributed by atoms with Crippen LogP contribution in [0.4, 0.5) is 24.5 Å². The van der Waals surface area contributed by atoms with Gasteiger partial charge in [0, 0.05) is 17.4 Å². The van der Waals surface area contributed by atoms with Crippen LogP contribution in [0.3, 0.4) is 0 Å². The average molecular weight is 516 g/mol. The monoisotopic (exact) mass is 515 g/mol. The van der Waals surface area contributed by atoms with Crippen LogP contribution >= 0.6 is 11.6 Å². The highest BCUT2D eigenvalue weighted by atomic mass is 35.5. The van der Waals surface area contributed by atoms with Gasteiger partial charge in [0.25, 0.3) is 5.91 Å². The third kappa shape index (κ3) is 5.69. The molecule has 0 radical (unpaired) electrons. The number of nitrogens with zero attached hydrogens (tertiary/aromatic N) is 4. The highest BCUT2D eigenvalue weighted by molar-refractivity contribution is 6.30. The van der Waals surface area contributed by atoms with E-state index in [1.807, 2.05) is 0 Å². The van der Waals surface area contributed by atoms with Gasteiger partial charge in [-0.25, -0.2) is 9.97 Å². The summed E-state index contributed by atoms with van der Waals surface area (Å²) in [5.41, 5.74) is -1.25. The molecular formula is C23H17ClF3N7O2. The Labute approximate surface area is 207 Å². The fourth-order valence-corrected chi connectivity index (χ4v) is 3.46. The quantitative estimate of drug-likeness (QED) is 0.436. The number of anilines is 2. The third-order valence-electron chi connectivity index (χ3n) is 5.37. The van der Waals surface area contributed by atoms with Crippen molar-refractivity contribution in [3.05, 3.63) is 76.6 Å². The molecule has 9 nitrogen and oxygen atoms in total. The molecule has 1 fully saturated rings. The molecule has 0 aliphatic heterocycles. The van der Waals surface area contributed by atoms with E-state index in [0.29, 0.717) is 24.2 Å². The molecule has 1 aromatic carbocycles. The van der Waals surface area contributed by atoms with E-state index in [2.05, 4.69) is 30.9 Å². The topological polar surface area (TPSA) is 133 Å². The van der Waals surface area contributed by atoms with Gasteiger partial charge in [0.1, 0.15) is 11.6 Å². The minimum absolute atomic E-state index is 0.0352. The Balaban J connectivity index is 1.34. The molecule has 1 aliphatic rings. The van der Waals surface area contributed by atoms with E-state index in [4.69, 9.17) is 16.9 Å². The molecule has 4 rings (SSSR count). The van der Waals surface area contributed by atoms with E-state index in [1.54, 1.807) is 12.1 Å². The highest BCUT2D eigenvalue weighted by Crippen LogP contribution is 2.38. The zero-order chi connectivity index (χ0) is 25.9. The number of carbonyl (C=O) groups excluding carboxylic acids is 2. The van der Waals surface area contributed by atoms with Gasteiger partial charge in [-0.15, -0.1) is 0 Å². The molecule has 0 saturated heterocycles. The van der Waals surface area contributed by atoms with Gasteiger partial charge in [-0.1, -0.05) is 11.6 Å². The standard InChI is InChI=1S/C23H17ClF3N7O2/c24-14-1-4-18(17(7-14)23(25,26)27)33-16-3-2-15(29-12-16)11-32-21(36)22(5-6-22)34-20(35)13-9-30-19(8-28)31-10-13/h1-4,7,9-10,12,33H,5-6,11H2,(H,32,36)(H,34,35). The minimum Gasteiger partial charge on any atom is -0.354 e. The predicted octanol–water partition coefficient (Wildman–Crippen LogP) is 3.74. The zero-order valence-electron chi connectivity index (χ0n) is 18.4. The number of hydrogen-bond acceptors (Lipinski definition) is 7. The van der Waals surface area contributed by atoms with Gasteiger partial charge in [0.2, 0.25) is 11.7 Å². The van der Waals surface area contributed by atoms with Crippen molar-refractivity contribution in [1.29, 1.82) is 5.26 Å². The second-order valence-electron chi connectivity index (χ2n) is 7.98. The summed E-state index contributed by atoms with van der Waals surface area (Å²) in [4.78, 5) is 36.7. The van der Waals surface area contributed by atoms with E-state index >= 15 is 0 Å². The van der Waals surface area contributed by atoms with Crippen LogP contribution in [0.1, 0.15) is 40.3 Å². The van der Waals surface area contributed by atoms with E-state index in [-0.39, 0.29) is 28.6 Å². The Hall–Kier alpha value is -4.24. The van der Waals surface area contributed by atoms with E-state index in [1.165, 1.54) is 36.8 Å². The van der Waals surface area contributed by atoms with Gasteiger partial charge in [0.05, 0.1) is 40.9 Å². The first-order valence-corrected chi connectivity index (χ1v) is 10.9. The number of carbonyl (C=O) groups is 2. The van der Waals surface area contributed by atoms with Crippen LogP contribution in [-0.4, -0.2) is 32.3 Å². The van der Waals surface area contributed by atoms with Crippen molar-refractivity contribution < 1.29 is 22.8 Å². The van der Waals surface area contributed by atoms with Crippen LogP contribution < -0.4 is 16.0 Å². The molecular weight excluding hydrogens is 499 g/mol. The van der Waals surface area contributed by atoms with Gasteiger partial charge < -0.3 is 16.0 Å².